The van der Waals surface area contributed by atoms with Crippen LogP contribution in [-0.2, 0) is 4.79 Å². The van der Waals surface area contributed by atoms with Gasteiger partial charge in [-0.25, -0.2) is 15.0 Å². The fourth-order valence-corrected chi connectivity index (χ4v) is 4.27. The van der Waals surface area contributed by atoms with Gasteiger partial charge in [0.25, 0.3) is 5.91 Å². The van der Waals surface area contributed by atoms with Crippen LogP contribution in [0.4, 0.5) is 0 Å². The maximum atomic E-state index is 12.9. The zero-order valence-electron chi connectivity index (χ0n) is 15.1. The average molecular weight is 445 g/mol. The molecule has 0 aromatic carbocycles. The molecule has 2 aromatic rings. The maximum absolute atomic E-state index is 12.9. The molecule has 0 bridgehead atoms. The number of piperazine rings is 1. The van der Waals surface area contributed by atoms with Crippen LogP contribution in [0, 0.1) is 0 Å². The second-order valence-corrected chi connectivity index (χ2v) is 7.44. The lowest BCUT2D eigenvalue weighted by atomic mass is 10.0. The van der Waals surface area contributed by atoms with Gasteiger partial charge in [0.2, 0.25) is 5.91 Å². The molecule has 2 aliphatic rings. The van der Waals surface area contributed by atoms with Crippen LogP contribution in [0.5, 0.6) is 0 Å². The summed E-state index contributed by atoms with van der Waals surface area (Å²) in [6.45, 7) is 3.21. The number of aromatic nitrogens is 3. The molecule has 2 saturated heterocycles. The lowest BCUT2D eigenvalue weighted by Crippen LogP contribution is -2.57. The summed E-state index contributed by atoms with van der Waals surface area (Å²) in [4.78, 5) is 42.0. The molecule has 0 radical (unpaired) electrons. The second kappa shape index (κ2) is 10.1. The highest BCUT2D eigenvalue weighted by atomic mass is 35.5. The Balaban J connectivity index is 0.00000140. The molecule has 2 amide bonds. The molecule has 0 saturated carbocycles. The Labute approximate surface area is 179 Å². The Kier molecular flexibility index (Phi) is 8.11. The van der Waals surface area contributed by atoms with Crippen molar-refractivity contribution in [3.05, 3.63) is 29.5 Å². The van der Waals surface area contributed by atoms with E-state index in [2.05, 4.69) is 20.3 Å². The Bertz CT molecular complexity index is 806. The van der Waals surface area contributed by atoms with E-state index in [1.54, 1.807) is 24.7 Å². The first-order valence-electron chi connectivity index (χ1n) is 8.75. The fourth-order valence-electron chi connectivity index (χ4n) is 3.44. The molecule has 1 N–H and O–H groups in total. The number of thiazole rings is 1. The summed E-state index contributed by atoms with van der Waals surface area (Å²) in [5.74, 6) is 0.619. The quantitative estimate of drug-likeness (QED) is 0.770. The number of carbonyl (C=O) groups is 2. The Morgan fingerprint density at radius 3 is 2.71 bits per heavy atom. The van der Waals surface area contributed by atoms with Crippen LogP contribution in [0.2, 0.25) is 0 Å². The van der Waals surface area contributed by atoms with Crippen molar-refractivity contribution in [2.45, 2.75) is 18.9 Å². The zero-order chi connectivity index (χ0) is 17.9. The number of halogens is 2. The summed E-state index contributed by atoms with van der Waals surface area (Å²) in [5.41, 5.74) is 0. The molecule has 28 heavy (non-hydrogen) atoms. The lowest BCUT2D eigenvalue weighted by Gasteiger charge is -2.41. The molecular weight excluding hydrogens is 423 g/mol. The Morgan fingerprint density at radius 1 is 1.18 bits per heavy atom. The number of hydrogen-bond acceptors (Lipinski definition) is 7. The van der Waals surface area contributed by atoms with E-state index in [1.807, 2.05) is 9.80 Å². The molecule has 2 fully saturated rings. The summed E-state index contributed by atoms with van der Waals surface area (Å²) >= 11 is 1.31. The van der Waals surface area contributed by atoms with Gasteiger partial charge in [0.15, 0.2) is 10.8 Å². The maximum Gasteiger partial charge on any atom is 0.265 e. The van der Waals surface area contributed by atoms with Crippen molar-refractivity contribution >= 4 is 48.0 Å². The summed E-state index contributed by atoms with van der Waals surface area (Å²) < 4.78 is 0. The monoisotopic (exact) mass is 444 g/mol. The molecule has 11 heteroatoms. The van der Waals surface area contributed by atoms with Crippen molar-refractivity contribution in [1.82, 2.24) is 30.1 Å². The number of rotatable bonds is 3. The van der Waals surface area contributed by atoms with Gasteiger partial charge in [-0.05, 0) is 18.9 Å². The van der Waals surface area contributed by atoms with E-state index in [0.717, 1.165) is 19.4 Å². The fraction of sp³-hybridized carbons (Fsp3) is 0.471. The molecule has 2 aromatic heterocycles. The summed E-state index contributed by atoms with van der Waals surface area (Å²) in [5, 5.41) is 3.73. The van der Waals surface area contributed by atoms with Gasteiger partial charge in [-0.1, -0.05) is 0 Å². The first-order chi connectivity index (χ1) is 12.7. The highest BCUT2D eigenvalue weighted by Crippen LogP contribution is 2.25. The van der Waals surface area contributed by atoms with Crippen molar-refractivity contribution < 1.29 is 9.59 Å². The molecule has 4 rings (SSSR count). The average Bonchev–Trinajstić information content (AvgIpc) is 3.19. The van der Waals surface area contributed by atoms with Crippen LogP contribution in [0.3, 0.4) is 0 Å². The minimum absolute atomic E-state index is 0. The van der Waals surface area contributed by atoms with E-state index < -0.39 is 0 Å². The third kappa shape index (κ3) is 4.78. The molecular formula is C17H22Cl2N6O2S. The van der Waals surface area contributed by atoms with Crippen LogP contribution in [0.25, 0.3) is 10.8 Å². The largest absolute Gasteiger partial charge is 0.336 e. The van der Waals surface area contributed by atoms with Gasteiger partial charge in [-0.3, -0.25) is 9.59 Å². The van der Waals surface area contributed by atoms with Crippen LogP contribution in [0.15, 0.2) is 24.7 Å². The minimum atomic E-state index is -0.0306. The van der Waals surface area contributed by atoms with E-state index in [1.165, 1.54) is 11.3 Å². The van der Waals surface area contributed by atoms with Gasteiger partial charge in [0.05, 0.1) is 12.7 Å². The number of nitrogens with one attached hydrogen (secondary N) is 1. The topological polar surface area (TPSA) is 91.3 Å². The van der Waals surface area contributed by atoms with Crippen molar-refractivity contribution in [2.75, 3.05) is 32.7 Å². The molecule has 152 valence electrons. The van der Waals surface area contributed by atoms with E-state index >= 15 is 0 Å². The number of amides is 2. The smallest absolute Gasteiger partial charge is 0.265 e. The Morgan fingerprint density at radius 2 is 1.96 bits per heavy atom. The minimum Gasteiger partial charge on any atom is -0.336 e. The SMILES string of the molecule is Cl.Cl.O=C(c1cnc(-c2ncccn2)s1)N1CCCC(N2CCNCC2=O)C1. The van der Waals surface area contributed by atoms with Gasteiger partial charge < -0.3 is 15.1 Å². The molecule has 8 nitrogen and oxygen atoms in total. The van der Waals surface area contributed by atoms with E-state index in [4.69, 9.17) is 0 Å². The second-order valence-electron chi connectivity index (χ2n) is 6.41. The Hall–Kier alpha value is -1.81. The van der Waals surface area contributed by atoms with Crippen molar-refractivity contribution in [2.24, 2.45) is 0 Å². The third-order valence-electron chi connectivity index (χ3n) is 4.72. The predicted molar refractivity (Wildman–Crippen MR) is 111 cm³/mol. The zero-order valence-corrected chi connectivity index (χ0v) is 17.6. The van der Waals surface area contributed by atoms with E-state index in [9.17, 15) is 9.59 Å². The first kappa shape index (κ1) is 22.5. The normalized spacial score (nSPS) is 19.6. The summed E-state index contributed by atoms with van der Waals surface area (Å²) in [6, 6.07) is 1.85. The van der Waals surface area contributed by atoms with Gasteiger partial charge in [-0.2, -0.15) is 0 Å². The molecule has 1 unspecified atom stereocenters. The first-order valence-corrected chi connectivity index (χ1v) is 9.57. The van der Waals surface area contributed by atoms with Gasteiger partial charge in [0.1, 0.15) is 4.88 Å². The van der Waals surface area contributed by atoms with Gasteiger partial charge >= 0.3 is 0 Å². The van der Waals surface area contributed by atoms with Gasteiger partial charge in [0, 0.05) is 44.6 Å². The van der Waals surface area contributed by atoms with E-state index in [0.29, 0.717) is 41.9 Å². The van der Waals surface area contributed by atoms with Crippen molar-refractivity contribution in [3.8, 4) is 10.8 Å². The lowest BCUT2D eigenvalue weighted by molar-refractivity contribution is -0.135. The number of hydrogen-bond donors (Lipinski definition) is 1. The number of nitrogens with zero attached hydrogens (tertiary/aromatic N) is 5. The van der Waals surface area contributed by atoms with E-state index in [-0.39, 0.29) is 42.7 Å². The number of piperidine rings is 1. The predicted octanol–water partition coefficient (Wildman–Crippen LogP) is 1.48. The van der Waals surface area contributed by atoms with Crippen LogP contribution >= 0.6 is 36.2 Å². The van der Waals surface area contributed by atoms with Gasteiger partial charge in [-0.15, -0.1) is 36.2 Å². The van der Waals surface area contributed by atoms with Crippen LogP contribution in [-0.4, -0.2) is 75.3 Å². The van der Waals surface area contributed by atoms with Crippen molar-refractivity contribution in [1.29, 1.82) is 0 Å². The van der Waals surface area contributed by atoms with Crippen LogP contribution < -0.4 is 5.32 Å². The molecule has 2 aliphatic heterocycles. The van der Waals surface area contributed by atoms with Crippen molar-refractivity contribution in [3.63, 3.8) is 0 Å². The summed E-state index contributed by atoms with van der Waals surface area (Å²) in [7, 11) is 0. The molecule has 4 heterocycles. The highest BCUT2D eigenvalue weighted by molar-refractivity contribution is 7.16. The van der Waals surface area contributed by atoms with Crippen LogP contribution in [0.1, 0.15) is 22.5 Å². The number of likely N-dealkylation sites (tertiary alicyclic amines) is 1. The highest BCUT2D eigenvalue weighted by Gasteiger charge is 2.32. The molecule has 0 spiro atoms. The molecule has 1 atom stereocenters. The molecule has 0 aliphatic carbocycles. The number of carbonyl (C=O) groups excluding carboxylic acids is 2. The summed E-state index contributed by atoms with van der Waals surface area (Å²) in [6.07, 6.45) is 6.76. The third-order valence-corrected chi connectivity index (χ3v) is 5.71. The standard InChI is InChI=1S/C17H20N6O2S.2ClH/c24-14-10-18-6-8-23(14)12-3-1-7-22(11-12)17(25)13-9-21-16(26-13)15-19-4-2-5-20-15;;/h2,4-5,9,12,18H,1,3,6-8,10-11H2;2*1H.